The van der Waals surface area contributed by atoms with Crippen molar-refractivity contribution in [2.75, 3.05) is 26.0 Å². The molecule has 0 aromatic heterocycles. The van der Waals surface area contributed by atoms with Gasteiger partial charge >= 0.3 is 0 Å². The van der Waals surface area contributed by atoms with Crippen LogP contribution in [0.15, 0.2) is 81.4 Å². The molecule has 3 aromatic rings. The number of hydrogen-bond donors (Lipinski definition) is 2. The number of anilines is 1. The maximum atomic E-state index is 13.0. The van der Waals surface area contributed by atoms with Gasteiger partial charge in [0.15, 0.2) is 0 Å². The normalized spacial score (nSPS) is 15.1. The van der Waals surface area contributed by atoms with Crippen LogP contribution in [0.5, 0.6) is 0 Å². The van der Waals surface area contributed by atoms with Crippen molar-refractivity contribution in [1.82, 2.24) is 9.62 Å². The van der Waals surface area contributed by atoms with Crippen LogP contribution < -0.4 is 10.6 Å². The minimum absolute atomic E-state index is 0.205. The van der Waals surface area contributed by atoms with Gasteiger partial charge in [-0.25, -0.2) is 16.9 Å². The Morgan fingerprint density at radius 3 is 2.41 bits per heavy atom. The summed E-state index contributed by atoms with van der Waals surface area (Å²) in [7, 11) is -2.09. The summed E-state index contributed by atoms with van der Waals surface area (Å²) in [5.41, 5.74) is 1.88. The minimum Gasteiger partial charge on any atom is -0.352 e. The molecule has 1 unspecified atom stereocenters. The van der Waals surface area contributed by atoms with E-state index >= 15 is 0 Å². The molecule has 176 valence electrons. The van der Waals surface area contributed by atoms with Crippen LogP contribution in [0.1, 0.15) is 26.3 Å². The van der Waals surface area contributed by atoms with Crippen molar-refractivity contribution < 1.29 is 22.2 Å². The lowest BCUT2D eigenvalue weighted by Crippen LogP contribution is -2.26. The summed E-state index contributed by atoms with van der Waals surface area (Å²) >= 11 is 0. The van der Waals surface area contributed by atoms with Gasteiger partial charge in [0.25, 0.3) is 11.8 Å². The van der Waals surface area contributed by atoms with Gasteiger partial charge in [-0.05, 0) is 54.4 Å². The molecule has 2 N–H and O–H groups in total. The van der Waals surface area contributed by atoms with E-state index in [0.717, 1.165) is 9.87 Å². The van der Waals surface area contributed by atoms with E-state index in [4.69, 9.17) is 0 Å². The van der Waals surface area contributed by atoms with E-state index in [9.17, 15) is 22.2 Å². The smallest absolute Gasteiger partial charge is 0.256 e. The molecule has 1 heterocycles. The third-order valence-corrected chi connectivity index (χ3v) is 8.76. The lowest BCUT2D eigenvalue weighted by Gasteiger charge is -2.12. The predicted molar refractivity (Wildman–Crippen MR) is 129 cm³/mol. The zero-order valence-corrected chi connectivity index (χ0v) is 20.2. The Balaban J connectivity index is 1.43. The highest BCUT2D eigenvalue weighted by Gasteiger charge is 2.25. The van der Waals surface area contributed by atoms with Gasteiger partial charge in [-0.3, -0.25) is 9.59 Å². The SMILES string of the molecule is CN(C)S(=O)(=O)c1ccc(CCNC(=O)c2ccc3c(c2)NC(=O)c2ccccc2S3=O)cc1. The first-order valence-corrected chi connectivity index (χ1v) is 13.0. The molecule has 4 rings (SSSR count). The van der Waals surface area contributed by atoms with E-state index in [2.05, 4.69) is 10.6 Å². The fourth-order valence-corrected chi connectivity index (χ4v) is 5.72. The first-order chi connectivity index (χ1) is 16.2. The third-order valence-electron chi connectivity index (χ3n) is 5.42. The minimum atomic E-state index is -3.49. The lowest BCUT2D eigenvalue weighted by atomic mass is 10.1. The van der Waals surface area contributed by atoms with Gasteiger partial charge < -0.3 is 10.6 Å². The largest absolute Gasteiger partial charge is 0.352 e. The standard InChI is InChI=1S/C24H23N3O5S2/c1-27(2)34(31,32)18-10-7-16(8-11-18)13-14-25-23(28)17-9-12-22-20(15-17)26-24(29)19-5-3-4-6-21(19)33(22)30/h3-12,15H,13-14H2,1-2H3,(H,25,28)(H,26,29). The second-order valence-electron chi connectivity index (χ2n) is 7.87. The van der Waals surface area contributed by atoms with Crippen molar-refractivity contribution >= 4 is 38.3 Å². The highest BCUT2D eigenvalue weighted by Crippen LogP contribution is 2.31. The average molecular weight is 498 g/mol. The highest BCUT2D eigenvalue weighted by atomic mass is 32.2. The van der Waals surface area contributed by atoms with Crippen LogP contribution in [0.4, 0.5) is 5.69 Å². The maximum Gasteiger partial charge on any atom is 0.256 e. The van der Waals surface area contributed by atoms with E-state index in [1.54, 1.807) is 60.7 Å². The van der Waals surface area contributed by atoms with Crippen molar-refractivity contribution in [3.63, 3.8) is 0 Å². The topological polar surface area (TPSA) is 113 Å². The molecule has 8 nitrogen and oxygen atoms in total. The summed E-state index contributed by atoms with van der Waals surface area (Å²) in [4.78, 5) is 26.3. The van der Waals surface area contributed by atoms with E-state index < -0.39 is 20.8 Å². The van der Waals surface area contributed by atoms with Gasteiger partial charge in [-0.2, -0.15) is 0 Å². The van der Waals surface area contributed by atoms with Gasteiger partial charge in [0, 0.05) is 26.2 Å². The Hall–Kier alpha value is -3.34. The number of carbonyl (C=O) groups is 2. The monoisotopic (exact) mass is 497 g/mol. The fraction of sp³-hybridized carbons (Fsp3) is 0.167. The van der Waals surface area contributed by atoms with Crippen LogP contribution in [0.3, 0.4) is 0 Å². The molecule has 3 aromatic carbocycles. The second kappa shape index (κ2) is 9.49. The van der Waals surface area contributed by atoms with Crippen LogP contribution >= 0.6 is 0 Å². The van der Waals surface area contributed by atoms with E-state index in [1.807, 2.05) is 0 Å². The summed E-state index contributed by atoms with van der Waals surface area (Å²) in [5, 5.41) is 5.57. The molecule has 0 spiro atoms. The van der Waals surface area contributed by atoms with Crippen LogP contribution in [0.25, 0.3) is 0 Å². The third kappa shape index (κ3) is 4.65. The molecule has 1 aliphatic rings. The molecule has 1 aliphatic heterocycles. The Morgan fingerprint density at radius 1 is 1.00 bits per heavy atom. The Kier molecular flexibility index (Phi) is 6.65. The molecule has 0 saturated heterocycles. The lowest BCUT2D eigenvalue weighted by molar-refractivity contribution is 0.0952. The van der Waals surface area contributed by atoms with Crippen molar-refractivity contribution in [2.24, 2.45) is 0 Å². The van der Waals surface area contributed by atoms with E-state index in [-0.39, 0.29) is 16.7 Å². The molecule has 0 radical (unpaired) electrons. The fourth-order valence-electron chi connectivity index (χ4n) is 3.52. The van der Waals surface area contributed by atoms with Gasteiger partial charge in [-0.15, -0.1) is 0 Å². The molecule has 1 atom stereocenters. The molecular formula is C24H23N3O5S2. The number of carbonyl (C=O) groups excluding carboxylic acids is 2. The first-order valence-electron chi connectivity index (χ1n) is 10.4. The summed E-state index contributed by atoms with van der Waals surface area (Å²) in [5.74, 6) is -0.712. The molecular weight excluding hydrogens is 474 g/mol. The quantitative estimate of drug-likeness (QED) is 0.544. The summed E-state index contributed by atoms with van der Waals surface area (Å²) in [6.07, 6.45) is 0.509. The Bertz CT molecular complexity index is 1400. The molecule has 2 amide bonds. The predicted octanol–water partition coefficient (Wildman–Crippen LogP) is 2.64. The van der Waals surface area contributed by atoms with Gasteiger partial charge in [-0.1, -0.05) is 24.3 Å². The number of rotatable bonds is 6. The van der Waals surface area contributed by atoms with Crippen molar-refractivity contribution in [1.29, 1.82) is 0 Å². The van der Waals surface area contributed by atoms with Crippen LogP contribution in [0, 0.1) is 0 Å². The van der Waals surface area contributed by atoms with Crippen molar-refractivity contribution in [3.8, 4) is 0 Å². The zero-order chi connectivity index (χ0) is 24.5. The van der Waals surface area contributed by atoms with E-state index in [1.165, 1.54) is 20.2 Å². The number of sulfonamides is 1. The molecule has 0 aliphatic carbocycles. The van der Waals surface area contributed by atoms with Crippen LogP contribution in [-0.2, 0) is 27.2 Å². The summed E-state index contributed by atoms with van der Waals surface area (Å²) < 4.78 is 38.4. The van der Waals surface area contributed by atoms with Gasteiger partial charge in [0.05, 0.1) is 36.7 Å². The Labute approximate surface area is 200 Å². The van der Waals surface area contributed by atoms with Crippen LogP contribution in [-0.4, -0.2) is 49.4 Å². The number of nitrogens with one attached hydrogen (secondary N) is 2. The Morgan fingerprint density at radius 2 is 1.71 bits per heavy atom. The molecule has 0 bridgehead atoms. The number of amides is 2. The van der Waals surface area contributed by atoms with Gasteiger partial charge in [0.2, 0.25) is 10.0 Å². The molecule has 0 fully saturated rings. The number of nitrogens with zero attached hydrogens (tertiary/aromatic N) is 1. The zero-order valence-electron chi connectivity index (χ0n) is 18.6. The van der Waals surface area contributed by atoms with Crippen molar-refractivity contribution in [2.45, 2.75) is 21.1 Å². The van der Waals surface area contributed by atoms with E-state index in [0.29, 0.717) is 39.6 Å². The average Bonchev–Trinajstić information content (AvgIpc) is 2.93. The van der Waals surface area contributed by atoms with Crippen LogP contribution in [0.2, 0.25) is 0 Å². The summed E-state index contributed by atoms with van der Waals surface area (Å²) in [6, 6.07) is 17.9. The van der Waals surface area contributed by atoms with Gasteiger partial charge in [0.1, 0.15) is 0 Å². The highest BCUT2D eigenvalue weighted by molar-refractivity contribution is 7.89. The maximum absolute atomic E-state index is 13.0. The molecule has 34 heavy (non-hydrogen) atoms. The molecule has 10 heteroatoms. The second-order valence-corrected chi connectivity index (χ2v) is 11.4. The van der Waals surface area contributed by atoms with Crippen molar-refractivity contribution in [3.05, 3.63) is 83.4 Å². The number of fused-ring (bicyclic) bond motifs is 2. The number of hydrogen-bond acceptors (Lipinski definition) is 5. The number of benzene rings is 3. The first kappa shape index (κ1) is 23.8. The molecule has 0 saturated carbocycles. The summed E-state index contributed by atoms with van der Waals surface area (Å²) in [6.45, 7) is 0.333.